The fourth-order valence-corrected chi connectivity index (χ4v) is 1.91. The van der Waals surface area contributed by atoms with E-state index in [0.717, 1.165) is 0 Å². The Morgan fingerprint density at radius 1 is 1.19 bits per heavy atom. The van der Waals surface area contributed by atoms with Crippen LogP contribution < -0.4 is 0 Å². The van der Waals surface area contributed by atoms with E-state index in [-0.39, 0.29) is 0 Å². The van der Waals surface area contributed by atoms with E-state index in [1.54, 1.807) is 0 Å². The van der Waals surface area contributed by atoms with Crippen LogP contribution >= 0.6 is 18.6 Å². The minimum absolute atomic E-state index is 0.556. The monoisotopic (exact) mass is 289 g/mol. The number of rotatable bonds is 1. The van der Waals surface area contributed by atoms with Crippen LogP contribution in [0.2, 0.25) is 0 Å². The van der Waals surface area contributed by atoms with Gasteiger partial charge in [0.25, 0.3) is 0 Å². The molecule has 2 rings (SSSR count). The molecule has 0 aromatic heterocycles. The van der Waals surface area contributed by atoms with Gasteiger partial charge < -0.3 is 0 Å². The van der Waals surface area contributed by atoms with Crippen molar-refractivity contribution < 1.29 is 17.0 Å². The fourth-order valence-electron chi connectivity index (χ4n) is 1.91. The summed E-state index contributed by atoms with van der Waals surface area (Å²) >= 11 is -0.556. The van der Waals surface area contributed by atoms with Crippen LogP contribution in [0.1, 0.15) is 43.4 Å². The number of halogens is 2. The first-order chi connectivity index (χ1) is 7.60. The third kappa shape index (κ3) is 3.63. The van der Waals surface area contributed by atoms with Gasteiger partial charge in [0.1, 0.15) is 0 Å². The van der Waals surface area contributed by atoms with E-state index in [1.807, 2.05) is 0 Å². The summed E-state index contributed by atoms with van der Waals surface area (Å²) < 4.78 is 0. The fraction of sp³-hybridized carbons (Fsp3) is 0.308. The van der Waals surface area contributed by atoms with Gasteiger partial charge in [0.15, 0.2) is 0 Å². The molecule has 1 aromatic carbocycles. The Balaban J connectivity index is 0.000000386. The van der Waals surface area contributed by atoms with E-state index < -0.39 is 17.0 Å². The Kier molecular flexibility index (Phi) is 6.14. The normalized spacial score (nSPS) is 12.8. The first-order valence-electron chi connectivity index (χ1n) is 5.22. The van der Waals surface area contributed by atoms with Crippen molar-refractivity contribution >= 4 is 24.7 Å². The molecule has 3 heteroatoms. The Morgan fingerprint density at radius 2 is 1.81 bits per heavy atom. The Bertz CT molecular complexity index is 384. The van der Waals surface area contributed by atoms with Gasteiger partial charge in [0.05, 0.1) is 0 Å². The first kappa shape index (κ1) is 14.3. The first-order valence-corrected chi connectivity index (χ1v) is 9.52. The number of fused-ring (bicyclic) bond motifs is 1. The second-order valence-electron chi connectivity index (χ2n) is 4.11. The molecule has 0 unspecified atom stereocenters. The molecule has 0 spiro atoms. The van der Waals surface area contributed by atoms with E-state index in [2.05, 4.69) is 51.5 Å². The van der Waals surface area contributed by atoms with Gasteiger partial charge in [-0.25, -0.2) is 0 Å². The van der Waals surface area contributed by atoms with Crippen LogP contribution in [0.25, 0.3) is 6.08 Å². The molecule has 1 aliphatic rings. The van der Waals surface area contributed by atoms with Crippen LogP contribution in [0.5, 0.6) is 0 Å². The maximum atomic E-state index is 4.89. The summed E-state index contributed by atoms with van der Waals surface area (Å²) in [5.41, 5.74) is 5.63. The van der Waals surface area contributed by atoms with Crippen LogP contribution in [0.3, 0.4) is 0 Å². The molecule has 0 fully saturated rings. The zero-order chi connectivity index (χ0) is 12.1. The molecular weight excluding hydrogens is 275 g/mol. The zero-order valence-corrected chi connectivity index (χ0v) is 12.8. The van der Waals surface area contributed by atoms with Gasteiger partial charge >= 0.3 is 35.6 Å². The van der Waals surface area contributed by atoms with Crippen LogP contribution in [-0.2, 0) is 17.0 Å². The van der Waals surface area contributed by atoms with E-state index in [0.29, 0.717) is 5.92 Å². The van der Waals surface area contributed by atoms with Crippen molar-refractivity contribution in [2.75, 3.05) is 0 Å². The van der Waals surface area contributed by atoms with E-state index in [1.165, 1.54) is 22.3 Å². The average Bonchev–Trinajstić information content (AvgIpc) is 2.58. The maximum absolute atomic E-state index is 4.89. The van der Waals surface area contributed by atoms with Crippen LogP contribution in [-0.4, -0.2) is 0 Å². The molecule has 85 valence electrons. The molecule has 16 heavy (non-hydrogen) atoms. The molecule has 1 radical (unpaired) electrons. The molecular formula is C13H15Cl2Ti. The Hall–Kier alpha value is 0.254. The topological polar surface area (TPSA) is 0 Å². The van der Waals surface area contributed by atoms with Gasteiger partial charge in [-0.05, 0) is 29.5 Å². The van der Waals surface area contributed by atoms with Gasteiger partial charge in [0.2, 0.25) is 0 Å². The summed E-state index contributed by atoms with van der Waals surface area (Å²) in [5.74, 6) is 0.616. The number of hydrogen-bond donors (Lipinski definition) is 0. The molecule has 0 aliphatic heterocycles. The van der Waals surface area contributed by atoms with Crippen LogP contribution in [0.4, 0.5) is 0 Å². The summed E-state index contributed by atoms with van der Waals surface area (Å²) in [6.07, 6.45) is 4.53. The van der Waals surface area contributed by atoms with Crippen molar-refractivity contribution in [1.29, 1.82) is 0 Å². The molecule has 0 amide bonds. The third-order valence-electron chi connectivity index (χ3n) is 2.55. The summed E-state index contributed by atoms with van der Waals surface area (Å²) in [4.78, 5) is 0. The van der Waals surface area contributed by atoms with Crippen molar-refractivity contribution in [1.82, 2.24) is 0 Å². The summed E-state index contributed by atoms with van der Waals surface area (Å²) in [5, 5.41) is 0. The van der Waals surface area contributed by atoms with Gasteiger partial charge in [-0.15, -0.1) is 0 Å². The quantitative estimate of drug-likeness (QED) is 0.627. The van der Waals surface area contributed by atoms with Crippen molar-refractivity contribution in [3.63, 3.8) is 0 Å². The van der Waals surface area contributed by atoms with Gasteiger partial charge in [0, 0.05) is 6.42 Å². The SMILES string of the molecule is CC1=Cc2c(cccc2C(C)C)[CH]1.[Cl][Ti][Cl]. The standard InChI is InChI=1S/C13H15.2ClH.Ti/c1-9(2)12-6-4-5-11-7-10(3)8-13(11)12;;;/h4-9H,1-3H3;2*1H;/q;;;+2/p-2. The second-order valence-corrected chi connectivity index (χ2v) is 6.69. The van der Waals surface area contributed by atoms with Gasteiger partial charge in [-0.2, -0.15) is 0 Å². The minimum atomic E-state index is -0.556. The molecule has 0 nitrogen and oxygen atoms in total. The van der Waals surface area contributed by atoms with Crippen molar-refractivity contribution in [2.24, 2.45) is 0 Å². The molecule has 0 saturated heterocycles. The molecule has 1 aliphatic carbocycles. The summed E-state index contributed by atoms with van der Waals surface area (Å²) in [7, 11) is 9.78. The van der Waals surface area contributed by atoms with Crippen molar-refractivity contribution in [3.8, 4) is 0 Å². The summed E-state index contributed by atoms with van der Waals surface area (Å²) in [6, 6.07) is 6.57. The molecule has 0 saturated carbocycles. The summed E-state index contributed by atoms with van der Waals surface area (Å²) in [6.45, 7) is 6.65. The molecule has 0 bridgehead atoms. The number of hydrogen-bond acceptors (Lipinski definition) is 0. The van der Waals surface area contributed by atoms with E-state index >= 15 is 0 Å². The molecule has 0 heterocycles. The van der Waals surface area contributed by atoms with Crippen LogP contribution in [0, 0.1) is 6.42 Å². The van der Waals surface area contributed by atoms with E-state index in [9.17, 15) is 0 Å². The van der Waals surface area contributed by atoms with Crippen molar-refractivity contribution in [3.05, 3.63) is 46.9 Å². The molecule has 0 N–H and O–H groups in total. The van der Waals surface area contributed by atoms with Gasteiger partial charge in [-0.3, -0.25) is 0 Å². The predicted molar refractivity (Wildman–Crippen MR) is 69.3 cm³/mol. The van der Waals surface area contributed by atoms with E-state index in [4.69, 9.17) is 18.6 Å². The van der Waals surface area contributed by atoms with Gasteiger partial charge in [-0.1, -0.05) is 43.7 Å². The van der Waals surface area contributed by atoms with Crippen LogP contribution in [0.15, 0.2) is 23.8 Å². The Labute approximate surface area is 115 Å². The molecule has 1 aromatic rings. The third-order valence-corrected chi connectivity index (χ3v) is 2.55. The zero-order valence-electron chi connectivity index (χ0n) is 9.72. The predicted octanol–water partition coefficient (Wildman–Crippen LogP) is 5.16. The van der Waals surface area contributed by atoms with Crippen molar-refractivity contribution in [2.45, 2.75) is 26.7 Å². The number of allylic oxidation sites excluding steroid dienone is 1. The Morgan fingerprint density at radius 3 is 2.38 bits per heavy atom. The second kappa shape index (κ2) is 6.86. The average molecular weight is 290 g/mol. The molecule has 0 atom stereocenters. The number of benzene rings is 1.